The van der Waals surface area contributed by atoms with Crippen molar-refractivity contribution in [3.8, 4) is 0 Å². The highest BCUT2D eigenvalue weighted by molar-refractivity contribution is 6.10. The van der Waals surface area contributed by atoms with Crippen molar-refractivity contribution in [1.82, 2.24) is 0 Å². The molecule has 1 aliphatic rings. The van der Waals surface area contributed by atoms with Gasteiger partial charge < -0.3 is 14.9 Å². The lowest BCUT2D eigenvalue weighted by molar-refractivity contribution is -0.135. The topological polar surface area (TPSA) is 60.9 Å². The van der Waals surface area contributed by atoms with Gasteiger partial charge in [0.25, 0.3) is 5.91 Å². The van der Waals surface area contributed by atoms with E-state index in [4.69, 9.17) is 0 Å². The van der Waals surface area contributed by atoms with Crippen LogP contribution in [0.4, 0.5) is 11.4 Å². The first-order valence-corrected chi connectivity index (χ1v) is 8.33. The third-order valence-corrected chi connectivity index (χ3v) is 4.68. The zero-order chi connectivity index (χ0) is 18.2. The average molecular weight is 338 g/mol. The lowest BCUT2D eigenvalue weighted by Gasteiger charge is -2.22. The van der Waals surface area contributed by atoms with Gasteiger partial charge in [-0.15, -0.1) is 0 Å². The number of ketones is 1. The fraction of sp³-hybridized carbons (Fsp3) is 0.300. The highest BCUT2D eigenvalue weighted by atomic mass is 16.3. The summed E-state index contributed by atoms with van der Waals surface area (Å²) >= 11 is 0. The van der Waals surface area contributed by atoms with Gasteiger partial charge in [0.2, 0.25) is 0 Å². The summed E-state index contributed by atoms with van der Waals surface area (Å²) in [5.74, 6) is -0.691. The quantitative estimate of drug-likeness (QED) is 0.851. The number of anilines is 2. The Hall–Kier alpha value is -2.66. The van der Waals surface area contributed by atoms with E-state index in [1.54, 1.807) is 30.3 Å². The van der Waals surface area contributed by atoms with Crippen LogP contribution in [0.5, 0.6) is 0 Å². The van der Waals surface area contributed by atoms with E-state index >= 15 is 0 Å². The number of amides is 1. The fourth-order valence-corrected chi connectivity index (χ4v) is 3.27. The second-order valence-corrected chi connectivity index (χ2v) is 6.47. The molecule has 1 aliphatic heterocycles. The second kappa shape index (κ2) is 6.33. The summed E-state index contributed by atoms with van der Waals surface area (Å²) in [6.45, 7) is 2.30. The van der Waals surface area contributed by atoms with Crippen LogP contribution in [-0.2, 0) is 10.4 Å². The van der Waals surface area contributed by atoms with Gasteiger partial charge in [0, 0.05) is 37.5 Å². The molecule has 0 saturated carbocycles. The van der Waals surface area contributed by atoms with Crippen LogP contribution >= 0.6 is 0 Å². The second-order valence-electron chi connectivity index (χ2n) is 6.47. The summed E-state index contributed by atoms with van der Waals surface area (Å²) < 4.78 is 0. The average Bonchev–Trinajstić information content (AvgIpc) is 2.82. The van der Waals surface area contributed by atoms with Gasteiger partial charge in [-0.1, -0.05) is 18.2 Å². The van der Waals surface area contributed by atoms with Crippen LogP contribution < -0.4 is 9.80 Å². The van der Waals surface area contributed by atoms with E-state index in [9.17, 15) is 14.7 Å². The molecule has 5 heteroatoms. The molecule has 2 aromatic carbocycles. The fourth-order valence-electron chi connectivity index (χ4n) is 3.27. The molecule has 1 atom stereocenters. The van der Waals surface area contributed by atoms with Crippen molar-refractivity contribution in [2.75, 3.05) is 30.4 Å². The van der Waals surface area contributed by atoms with Gasteiger partial charge in [-0.3, -0.25) is 9.59 Å². The van der Waals surface area contributed by atoms with Gasteiger partial charge in [0.1, 0.15) is 0 Å². The van der Waals surface area contributed by atoms with Gasteiger partial charge >= 0.3 is 0 Å². The van der Waals surface area contributed by atoms with Gasteiger partial charge in [0.05, 0.1) is 12.1 Å². The number of fused-ring (bicyclic) bond motifs is 1. The third kappa shape index (κ3) is 2.81. The number of hydrogen-bond acceptors (Lipinski definition) is 4. The van der Waals surface area contributed by atoms with E-state index in [1.165, 1.54) is 4.90 Å². The van der Waals surface area contributed by atoms with E-state index in [-0.39, 0.29) is 12.2 Å². The number of carbonyl (C=O) groups is 2. The van der Waals surface area contributed by atoms with E-state index in [0.29, 0.717) is 23.4 Å². The van der Waals surface area contributed by atoms with Crippen molar-refractivity contribution in [3.63, 3.8) is 0 Å². The summed E-state index contributed by atoms with van der Waals surface area (Å²) in [6.07, 6.45) is -0.263. The maximum absolute atomic E-state index is 12.7. The summed E-state index contributed by atoms with van der Waals surface area (Å²) in [4.78, 5) is 28.9. The Balaban J connectivity index is 1.91. The summed E-state index contributed by atoms with van der Waals surface area (Å²) in [5.41, 5.74) is 0.839. The van der Waals surface area contributed by atoms with Crippen molar-refractivity contribution in [1.29, 1.82) is 0 Å². The summed E-state index contributed by atoms with van der Waals surface area (Å²) in [5, 5.41) is 11.1. The molecule has 2 aromatic rings. The minimum atomic E-state index is -1.80. The van der Waals surface area contributed by atoms with Crippen LogP contribution in [0, 0.1) is 0 Å². The van der Waals surface area contributed by atoms with Crippen molar-refractivity contribution >= 4 is 23.1 Å². The smallest absolute Gasteiger partial charge is 0.264 e. The molecule has 0 bridgehead atoms. The van der Waals surface area contributed by atoms with Crippen molar-refractivity contribution in [3.05, 3.63) is 59.7 Å². The molecule has 0 aromatic heterocycles. The molecule has 25 heavy (non-hydrogen) atoms. The van der Waals surface area contributed by atoms with E-state index in [2.05, 4.69) is 0 Å². The minimum absolute atomic E-state index is 0.256. The standard InChI is InChI=1S/C20H22N2O3/c1-4-22-17-8-6-5-7-16(17)20(25,19(22)24)13-18(23)14-9-11-15(12-10-14)21(2)3/h5-12,25H,4,13H2,1-3H3. The van der Waals surface area contributed by atoms with Crippen molar-refractivity contribution in [2.24, 2.45) is 0 Å². The summed E-state index contributed by atoms with van der Waals surface area (Å²) in [7, 11) is 3.85. The van der Waals surface area contributed by atoms with E-state index in [1.807, 2.05) is 44.1 Å². The number of hydrogen-bond donors (Lipinski definition) is 1. The summed E-state index contributed by atoms with van der Waals surface area (Å²) in [6, 6.07) is 14.2. The normalized spacial score (nSPS) is 19.0. The van der Waals surface area contributed by atoms with Crippen LogP contribution in [0.2, 0.25) is 0 Å². The van der Waals surface area contributed by atoms with Crippen molar-refractivity contribution in [2.45, 2.75) is 18.9 Å². The molecule has 0 spiro atoms. The van der Waals surface area contributed by atoms with Crippen LogP contribution in [0.15, 0.2) is 48.5 Å². The Morgan fingerprint density at radius 1 is 1.12 bits per heavy atom. The molecule has 0 fully saturated rings. The molecule has 1 heterocycles. The number of carbonyl (C=O) groups excluding carboxylic acids is 2. The van der Waals surface area contributed by atoms with E-state index in [0.717, 1.165) is 5.69 Å². The van der Waals surface area contributed by atoms with Gasteiger partial charge in [-0.05, 0) is 37.3 Å². The highest BCUT2D eigenvalue weighted by Crippen LogP contribution is 2.42. The SMILES string of the molecule is CCN1C(=O)C(O)(CC(=O)c2ccc(N(C)C)cc2)c2ccccc21. The zero-order valence-electron chi connectivity index (χ0n) is 14.7. The highest BCUT2D eigenvalue weighted by Gasteiger charge is 2.50. The zero-order valence-corrected chi connectivity index (χ0v) is 14.7. The van der Waals surface area contributed by atoms with Crippen LogP contribution in [0.25, 0.3) is 0 Å². The van der Waals surface area contributed by atoms with E-state index < -0.39 is 11.5 Å². The molecular formula is C20H22N2O3. The van der Waals surface area contributed by atoms with Crippen LogP contribution in [0.1, 0.15) is 29.3 Å². The number of Topliss-reactive ketones (excluding diaryl/α,β-unsaturated/α-hetero) is 1. The third-order valence-electron chi connectivity index (χ3n) is 4.68. The number of rotatable bonds is 5. The predicted octanol–water partition coefficient (Wildman–Crippen LogP) is 2.58. The largest absolute Gasteiger partial charge is 0.378 e. The Bertz CT molecular complexity index is 814. The lowest BCUT2D eigenvalue weighted by atomic mass is 9.88. The predicted molar refractivity (Wildman–Crippen MR) is 98.1 cm³/mol. The van der Waals surface area contributed by atoms with Gasteiger partial charge in [-0.25, -0.2) is 0 Å². The van der Waals surface area contributed by atoms with Gasteiger partial charge in [-0.2, -0.15) is 0 Å². The monoisotopic (exact) mass is 338 g/mol. The number of aliphatic hydroxyl groups is 1. The van der Waals surface area contributed by atoms with Gasteiger partial charge in [0.15, 0.2) is 11.4 Å². The minimum Gasteiger partial charge on any atom is -0.378 e. The number of nitrogens with zero attached hydrogens (tertiary/aromatic N) is 2. The molecule has 0 aliphatic carbocycles. The molecule has 5 nitrogen and oxygen atoms in total. The Morgan fingerprint density at radius 2 is 1.76 bits per heavy atom. The van der Waals surface area contributed by atoms with Crippen molar-refractivity contribution < 1.29 is 14.7 Å². The lowest BCUT2D eigenvalue weighted by Crippen LogP contribution is -2.41. The number of para-hydroxylation sites is 1. The van der Waals surface area contributed by atoms with Crippen LogP contribution in [-0.4, -0.2) is 37.4 Å². The maximum atomic E-state index is 12.7. The maximum Gasteiger partial charge on any atom is 0.264 e. The molecular weight excluding hydrogens is 316 g/mol. The Morgan fingerprint density at radius 3 is 2.36 bits per heavy atom. The molecule has 1 amide bonds. The number of likely N-dealkylation sites (N-methyl/N-ethyl adjacent to an activating group) is 1. The molecule has 3 rings (SSSR count). The molecule has 0 saturated heterocycles. The first-order valence-electron chi connectivity index (χ1n) is 8.33. The molecule has 1 N–H and O–H groups in total. The first kappa shape index (κ1) is 17.2. The molecule has 1 unspecified atom stereocenters. The Kier molecular flexibility index (Phi) is 4.35. The number of benzene rings is 2. The molecule has 0 radical (unpaired) electrons. The molecule has 130 valence electrons. The van der Waals surface area contributed by atoms with Crippen LogP contribution in [0.3, 0.4) is 0 Å². The Labute approximate surface area is 147 Å². The first-order chi connectivity index (χ1) is 11.9.